The molecule has 15 heavy (non-hydrogen) atoms. The van der Waals surface area contributed by atoms with Gasteiger partial charge < -0.3 is 0 Å². The summed E-state index contributed by atoms with van der Waals surface area (Å²) in [4.78, 5) is 2.19. The molecule has 0 aliphatic heterocycles. The summed E-state index contributed by atoms with van der Waals surface area (Å²) >= 11 is 9.30. The number of alkyl halides is 1. The second kappa shape index (κ2) is 5.87. The number of rotatable bonds is 5. The Morgan fingerprint density at radius 3 is 2.67 bits per heavy atom. The Kier molecular flexibility index (Phi) is 5.09. The van der Waals surface area contributed by atoms with E-state index in [0.717, 1.165) is 29.7 Å². The van der Waals surface area contributed by atoms with Gasteiger partial charge in [-0.1, -0.05) is 6.92 Å². The smallest absolute Gasteiger partial charge is 0.0767 e. The Hall–Kier alpha value is -0.0600. The molecule has 0 aromatic carbocycles. The zero-order chi connectivity index (χ0) is 11.4. The van der Waals surface area contributed by atoms with Gasteiger partial charge in [0.1, 0.15) is 0 Å². The Morgan fingerprint density at radius 2 is 2.20 bits per heavy atom. The summed E-state index contributed by atoms with van der Waals surface area (Å²) < 4.78 is 3.07. The van der Waals surface area contributed by atoms with Crippen molar-refractivity contribution in [3.05, 3.63) is 15.9 Å². The topological polar surface area (TPSA) is 21.1 Å². The first kappa shape index (κ1) is 13.0. The fourth-order valence-corrected chi connectivity index (χ4v) is 2.50. The van der Waals surface area contributed by atoms with Crippen molar-refractivity contribution in [1.82, 2.24) is 14.7 Å². The Balaban J connectivity index is 2.80. The first-order valence-corrected chi connectivity index (χ1v) is 6.37. The van der Waals surface area contributed by atoms with Gasteiger partial charge in [0.2, 0.25) is 0 Å². The highest BCUT2D eigenvalue weighted by Gasteiger charge is 2.13. The molecule has 0 aliphatic rings. The molecule has 0 bridgehead atoms. The number of hydrogen-bond acceptors (Lipinski definition) is 2. The van der Waals surface area contributed by atoms with E-state index in [-0.39, 0.29) is 0 Å². The number of nitrogens with zero attached hydrogens (tertiary/aromatic N) is 3. The zero-order valence-electron chi connectivity index (χ0n) is 9.43. The van der Waals surface area contributed by atoms with Crippen LogP contribution in [0.5, 0.6) is 0 Å². The maximum atomic E-state index is 5.70. The normalized spacial score (nSPS) is 11.3. The molecular formula is C10H17BrClN3. The minimum atomic E-state index is 0.659. The monoisotopic (exact) mass is 293 g/mol. The van der Waals surface area contributed by atoms with Gasteiger partial charge in [0.05, 0.1) is 15.9 Å². The predicted octanol–water partition coefficient (Wildman–Crippen LogP) is 2.42. The van der Waals surface area contributed by atoms with Crippen molar-refractivity contribution in [3.63, 3.8) is 0 Å². The molecule has 0 amide bonds. The van der Waals surface area contributed by atoms with Crippen molar-refractivity contribution >= 4 is 27.5 Å². The lowest BCUT2D eigenvalue weighted by Gasteiger charge is -2.15. The lowest BCUT2D eigenvalue weighted by atomic mass is 10.3. The summed E-state index contributed by atoms with van der Waals surface area (Å²) in [6.07, 6.45) is 0.952. The Labute approximate surface area is 105 Å². The summed E-state index contributed by atoms with van der Waals surface area (Å²) in [5, 5.41) is 4.45. The van der Waals surface area contributed by atoms with Crippen LogP contribution in [0.25, 0.3) is 0 Å². The predicted molar refractivity (Wildman–Crippen MR) is 67.3 cm³/mol. The summed E-state index contributed by atoms with van der Waals surface area (Å²) in [5.74, 6) is 0.659. The molecule has 1 aromatic heterocycles. The fraction of sp³-hybridized carbons (Fsp3) is 0.700. The van der Waals surface area contributed by atoms with Crippen LogP contribution in [0, 0.1) is 0 Å². The quantitative estimate of drug-likeness (QED) is 0.778. The maximum absolute atomic E-state index is 5.70. The minimum Gasteiger partial charge on any atom is -0.299 e. The van der Waals surface area contributed by atoms with Crippen LogP contribution in [0.1, 0.15) is 18.3 Å². The van der Waals surface area contributed by atoms with Crippen LogP contribution in [0.4, 0.5) is 0 Å². The fourth-order valence-electron chi connectivity index (χ4n) is 1.47. The SMILES string of the molecule is CCc1nn(C)c(CN(C)CCCl)c1Br. The van der Waals surface area contributed by atoms with Gasteiger partial charge >= 0.3 is 0 Å². The van der Waals surface area contributed by atoms with E-state index in [1.54, 1.807) is 0 Å². The number of aromatic nitrogens is 2. The lowest BCUT2D eigenvalue weighted by molar-refractivity contribution is 0.336. The molecule has 0 N–H and O–H groups in total. The van der Waals surface area contributed by atoms with Crippen LogP contribution in [-0.4, -0.2) is 34.2 Å². The van der Waals surface area contributed by atoms with Gasteiger partial charge in [-0.05, 0) is 29.4 Å². The summed E-state index contributed by atoms with van der Waals surface area (Å²) in [6, 6.07) is 0. The van der Waals surface area contributed by atoms with Crippen molar-refractivity contribution in [2.75, 3.05) is 19.5 Å². The van der Waals surface area contributed by atoms with Crippen LogP contribution in [-0.2, 0) is 20.0 Å². The van der Waals surface area contributed by atoms with E-state index in [1.807, 2.05) is 11.7 Å². The van der Waals surface area contributed by atoms with Gasteiger partial charge in [-0.2, -0.15) is 5.10 Å². The number of aryl methyl sites for hydroxylation is 2. The van der Waals surface area contributed by atoms with Crippen LogP contribution in [0.3, 0.4) is 0 Å². The Morgan fingerprint density at radius 1 is 1.53 bits per heavy atom. The third-order valence-electron chi connectivity index (χ3n) is 2.39. The van der Waals surface area contributed by atoms with E-state index >= 15 is 0 Å². The van der Waals surface area contributed by atoms with E-state index in [2.05, 4.69) is 39.9 Å². The highest BCUT2D eigenvalue weighted by atomic mass is 79.9. The Bertz CT molecular complexity index is 325. The van der Waals surface area contributed by atoms with Crippen LogP contribution < -0.4 is 0 Å². The van der Waals surface area contributed by atoms with Crippen LogP contribution in [0.2, 0.25) is 0 Å². The molecular weight excluding hydrogens is 277 g/mol. The number of halogens is 2. The highest BCUT2D eigenvalue weighted by Crippen LogP contribution is 2.22. The standard InChI is InChI=1S/C10H17BrClN3/c1-4-8-10(11)9(15(3)13-8)7-14(2)6-5-12/h4-7H2,1-3H3. The second-order valence-electron chi connectivity index (χ2n) is 3.61. The molecule has 0 aliphatic carbocycles. The zero-order valence-corrected chi connectivity index (χ0v) is 11.8. The van der Waals surface area contributed by atoms with Gasteiger partial charge in [-0.3, -0.25) is 9.58 Å². The molecule has 1 heterocycles. The van der Waals surface area contributed by atoms with Gasteiger partial charge in [0, 0.05) is 26.0 Å². The lowest BCUT2D eigenvalue weighted by Crippen LogP contribution is -2.21. The largest absolute Gasteiger partial charge is 0.299 e. The van der Waals surface area contributed by atoms with E-state index < -0.39 is 0 Å². The first-order valence-electron chi connectivity index (χ1n) is 5.04. The first-order chi connectivity index (χ1) is 7.10. The van der Waals surface area contributed by atoms with Crippen LogP contribution >= 0.6 is 27.5 Å². The van der Waals surface area contributed by atoms with Gasteiger partial charge in [0.15, 0.2) is 0 Å². The van der Waals surface area contributed by atoms with Crippen LogP contribution in [0.15, 0.2) is 4.47 Å². The van der Waals surface area contributed by atoms with Crippen molar-refractivity contribution in [1.29, 1.82) is 0 Å². The average Bonchev–Trinajstić information content (AvgIpc) is 2.45. The van der Waals surface area contributed by atoms with Crippen molar-refractivity contribution in [3.8, 4) is 0 Å². The molecule has 5 heteroatoms. The summed E-state index contributed by atoms with van der Waals surface area (Å²) in [7, 11) is 4.04. The molecule has 0 fully saturated rings. The van der Waals surface area contributed by atoms with Gasteiger partial charge in [-0.25, -0.2) is 0 Å². The van der Waals surface area contributed by atoms with E-state index in [0.29, 0.717) is 5.88 Å². The third kappa shape index (κ3) is 3.20. The van der Waals surface area contributed by atoms with E-state index in [4.69, 9.17) is 11.6 Å². The highest BCUT2D eigenvalue weighted by molar-refractivity contribution is 9.10. The molecule has 86 valence electrons. The molecule has 0 spiro atoms. The minimum absolute atomic E-state index is 0.659. The molecule has 1 aromatic rings. The third-order valence-corrected chi connectivity index (χ3v) is 3.47. The van der Waals surface area contributed by atoms with Gasteiger partial charge in [0.25, 0.3) is 0 Å². The molecule has 0 saturated heterocycles. The average molecular weight is 295 g/mol. The molecule has 0 atom stereocenters. The molecule has 3 nitrogen and oxygen atoms in total. The van der Waals surface area contributed by atoms with Gasteiger partial charge in [-0.15, -0.1) is 11.6 Å². The molecule has 0 radical (unpaired) electrons. The van der Waals surface area contributed by atoms with Crippen molar-refractivity contribution < 1.29 is 0 Å². The van der Waals surface area contributed by atoms with Crippen molar-refractivity contribution in [2.45, 2.75) is 19.9 Å². The second-order valence-corrected chi connectivity index (χ2v) is 4.78. The maximum Gasteiger partial charge on any atom is 0.0767 e. The summed E-state index contributed by atoms with van der Waals surface area (Å²) in [5.41, 5.74) is 2.33. The molecule has 0 unspecified atom stereocenters. The molecule has 0 saturated carbocycles. The van der Waals surface area contributed by atoms with Crippen molar-refractivity contribution in [2.24, 2.45) is 7.05 Å². The van der Waals surface area contributed by atoms with E-state index in [9.17, 15) is 0 Å². The van der Waals surface area contributed by atoms with E-state index in [1.165, 1.54) is 5.69 Å². The molecule has 1 rings (SSSR count). The summed E-state index contributed by atoms with van der Waals surface area (Å²) in [6.45, 7) is 3.87. The number of hydrogen-bond donors (Lipinski definition) is 0.